The molecule has 114 valence electrons. The minimum absolute atomic E-state index is 0.0188. The van der Waals surface area contributed by atoms with Crippen molar-refractivity contribution >= 4 is 33.0 Å². The maximum absolute atomic E-state index is 13.4. The molecule has 2 aromatic rings. The summed E-state index contributed by atoms with van der Waals surface area (Å²) >= 11 is 5.65. The van der Waals surface area contributed by atoms with Gasteiger partial charge in [-0.05, 0) is 24.3 Å². The van der Waals surface area contributed by atoms with Gasteiger partial charge in [0, 0.05) is 0 Å². The van der Waals surface area contributed by atoms with Crippen molar-refractivity contribution < 1.29 is 22.7 Å². The van der Waals surface area contributed by atoms with Gasteiger partial charge in [0.15, 0.2) is 9.84 Å². The van der Waals surface area contributed by atoms with Crippen molar-refractivity contribution in [1.29, 1.82) is 0 Å². The molecular formula is C14H9ClFNO4S. The maximum Gasteiger partial charge on any atom is 0.263 e. The highest BCUT2D eigenvalue weighted by Gasteiger charge is 2.37. The number of phenolic OH excluding ortho intramolecular Hbond substituents is 1. The van der Waals surface area contributed by atoms with Crippen LogP contribution in [0.4, 0.5) is 10.1 Å². The Hall–Kier alpha value is -2.12. The monoisotopic (exact) mass is 341 g/mol. The first kappa shape index (κ1) is 14.8. The minimum Gasteiger partial charge on any atom is -0.506 e. The molecule has 22 heavy (non-hydrogen) atoms. The van der Waals surface area contributed by atoms with Crippen LogP contribution in [0.25, 0.3) is 0 Å². The number of hydrogen-bond acceptors (Lipinski definition) is 4. The lowest BCUT2D eigenvalue weighted by molar-refractivity contribution is 0.0988. The molecule has 8 heteroatoms. The first-order chi connectivity index (χ1) is 10.3. The standard InChI is InChI=1S/C14H9ClFNO4S/c15-10-6-8(16)5-9(13(10)18)14(19)17-7-22(20,21)12-4-2-1-3-11(12)17/h1-6,18H,7H2. The normalized spacial score (nSPS) is 15.6. The molecule has 0 aromatic heterocycles. The van der Waals surface area contributed by atoms with Crippen molar-refractivity contribution in [1.82, 2.24) is 0 Å². The Morgan fingerprint density at radius 2 is 1.95 bits per heavy atom. The number of anilines is 1. The summed E-state index contributed by atoms with van der Waals surface area (Å²) in [4.78, 5) is 13.5. The molecule has 1 aliphatic heterocycles. The van der Waals surface area contributed by atoms with Gasteiger partial charge in [0.2, 0.25) is 0 Å². The van der Waals surface area contributed by atoms with Crippen molar-refractivity contribution in [2.24, 2.45) is 0 Å². The second-order valence-electron chi connectivity index (χ2n) is 4.73. The number of benzene rings is 2. The van der Waals surface area contributed by atoms with Gasteiger partial charge in [0.1, 0.15) is 17.4 Å². The van der Waals surface area contributed by atoms with Crippen molar-refractivity contribution in [2.75, 3.05) is 10.8 Å². The number of nitrogens with zero attached hydrogens (tertiary/aromatic N) is 1. The first-order valence-electron chi connectivity index (χ1n) is 6.13. The number of phenols is 1. The van der Waals surface area contributed by atoms with Gasteiger partial charge in [-0.1, -0.05) is 23.7 Å². The minimum atomic E-state index is -3.64. The fourth-order valence-corrected chi connectivity index (χ4v) is 4.02. The van der Waals surface area contributed by atoms with Crippen molar-refractivity contribution in [2.45, 2.75) is 4.90 Å². The van der Waals surface area contributed by atoms with E-state index in [0.717, 1.165) is 17.0 Å². The van der Waals surface area contributed by atoms with Crippen LogP contribution >= 0.6 is 11.6 Å². The Morgan fingerprint density at radius 1 is 1.27 bits per heavy atom. The van der Waals surface area contributed by atoms with Crippen LogP contribution < -0.4 is 4.90 Å². The lowest BCUT2D eigenvalue weighted by Crippen LogP contribution is -2.30. The number of fused-ring (bicyclic) bond motifs is 1. The van der Waals surface area contributed by atoms with Crippen LogP contribution in [0.3, 0.4) is 0 Å². The van der Waals surface area contributed by atoms with E-state index >= 15 is 0 Å². The molecule has 0 unspecified atom stereocenters. The first-order valence-corrected chi connectivity index (χ1v) is 8.16. The van der Waals surface area contributed by atoms with Crippen LogP contribution in [0.1, 0.15) is 10.4 Å². The topological polar surface area (TPSA) is 74.7 Å². The number of carbonyl (C=O) groups excluding carboxylic acids is 1. The number of para-hydroxylation sites is 1. The molecule has 0 saturated heterocycles. The molecule has 0 atom stereocenters. The van der Waals surface area contributed by atoms with Gasteiger partial charge in [-0.15, -0.1) is 0 Å². The molecule has 1 aliphatic rings. The van der Waals surface area contributed by atoms with E-state index in [2.05, 4.69) is 0 Å². The molecule has 0 saturated carbocycles. The summed E-state index contributed by atoms with van der Waals surface area (Å²) in [5.41, 5.74) is -0.204. The summed E-state index contributed by atoms with van der Waals surface area (Å²) in [6, 6.07) is 7.66. The zero-order valence-corrected chi connectivity index (χ0v) is 12.5. The van der Waals surface area contributed by atoms with Gasteiger partial charge in [-0.2, -0.15) is 0 Å². The van der Waals surface area contributed by atoms with E-state index in [4.69, 9.17) is 11.6 Å². The average molecular weight is 342 g/mol. The van der Waals surface area contributed by atoms with Crippen LogP contribution in [0.15, 0.2) is 41.3 Å². The number of carbonyl (C=O) groups is 1. The molecule has 1 N–H and O–H groups in total. The van der Waals surface area contributed by atoms with Crippen LogP contribution in [-0.2, 0) is 9.84 Å². The third-order valence-corrected chi connectivity index (χ3v) is 5.20. The fraction of sp³-hybridized carbons (Fsp3) is 0.0714. The Labute approximate surface area is 130 Å². The smallest absolute Gasteiger partial charge is 0.263 e. The SMILES string of the molecule is O=C(c1cc(F)cc(Cl)c1O)N1CS(=O)(=O)c2ccccc21. The van der Waals surface area contributed by atoms with E-state index < -0.39 is 38.8 Å². The number of amides is 1. The quantitative estimate of drug-likeness (QED) is 0.865. The van der Waals surface area contributed by atoms with Gasteiger partial charge in [-0.3, -0.25) is 9.69 Å². The number of sulfone groups is 1. The Balaban J connectivity index is 2.13. The summed E-state index contributed by atoms with van der Waals surface area (Å²) in [5.74, 6) is -2.80. The van der Waals surface area contributed by atoms with Crippen LogP contribution in [0.5, 0.6) is 5.75 Å². The van der Waals surface area contributed by atoms with E-state index in [1.165, 1.54) is 12.1 Å². The van der Waals surface area contributed by atoms with Gasteiger partial charge in [0.05, 0.1) is 21.2 Å². The van der Waals surface area contributed by atoms with E-state index in [1.54, 1.807) is 12.1 Å². The summed E-state index contributed by atoms with van der Waals surface area (Å²) in [7, 11) is -3.64. The highest BCUT2D eigenvalue weighted by Crippen LogP contribution is 2.37. The predicted molar refractivity (Wildman–Crippen MR) is 78.4 cm³/mol. The molecule has 0 radical (unpaired) electrons. The number of aromatic hydroxyl groups is 1. The fourth-order valence-electron chi connectivity index (χ4n) is 2.29. The number of rotatable bonds is 1. The summed E-state index contributed by atoms with van der Waals surface area (Å²) in [5, 5.41) is 9.51. The average Bonchev–Trinajstić information content (AvgIpc) is 2.74. The molecule has 1 amide bonds. The van der Waals surface area contributed by atoms with Crippen LogP contribution in [0, 0.1) is 5.82 Å². The molecule has 1 heterocycles. The molecule has 2 aromatic carbocycles. The molecule has 0 aliphatic carbocycles. The highest BCUT2D eigenvalue weighted by molar-refractivity contribution is 7.92. The van der Waals surface area contributed by atoms with Gasteiger partial charge in [0.25, 0.3) is 5.91 Å². The zero-order valence-electron chi connectivity index (χ0n) is 11.0. The van der Waals surface area contributed by atoms with Crippen LogP contribution in [-0.4, -0.2) is 25.3 Å². The van der Waals surface area contributed by atoms with E-state index in [1.807, 2.05) is 0 Å². The summed E-state index contributed by atoms with van der Waals surface area (Å²) < 4.78 is 37.5. The molecule has 0 bridgehead atoms. The lowest BCUT2D eigenvalue weighted by atomic mass is 10.1. The van der Waals surface area contributed by atoms with E-state index in [0.29, 0.717) is 0 Å². The molecule has 5 nitrogen and oxygen atoms in total. The van der Waals surface area contributed by atoms with Crippen molar-refractivity contribution in [3.63, 3.8) is 0 Å². The second-order valence-corrected chi connectivity index (χ2v) is 7.06. The zero-order chi connectivity index (χ0) is 16.1. The Kier molecular flexibility index (Phi) is 3.34. The van der Waals surface area contributed by atoms with E-state index in [-0.39, 0.29) is 15.6 Å². The van der Waals surface area contributed by atoms with Crippen molar-refractivity contribution in [3.05, 3.63) is 52.8 Å². The molecular weight excluding hydrogens is 333 g/mol. The summed E-state index contributed by atoms with van der Waals surface area (Å²) in [6.07, 6.45) is 0. The van der Waals surface area contributed by atoms with Crippen molar-refractivity contribution in [3.8, 4) is 5.75 Å². The largest absolute Gasteiger partial charge is 0.506 e. The van der Waals surface area contributed by atoms with Gasteiger partial charge >= 0.3 is 0 Å². The Bertz CT molecular complexity index is 898. The van der Waals surface area contributed by atoms with Gasteiger partial charge in [-0.25, -0.2) is 12.8 Å². The third-order valence-electron chi connectivity index (χ3n) is 3.29. The van der Waals surface area contributed by atoms with E-state index in [9.17, 15) is 22.7 Å². The maximum atomic E-state index is 13.4. The number of halogens is 2. The second kappa shape index (κ2) is 4.96. The highest BCUT2D eigenvalue weighted by atomic mass is 35.5. The number of hydrogen-bond donors (Lipinski definition) is 1. The Morgan fingerprint density at radius 3 is 2.68 bits per heavy atom. The molecule has 3 rings (SSSR count). The summed E-state index contributed by atoms with van der Waals surface area (Å²) in [6.45, 7) is 0. The molecule has 0 spiro atoms. The molecule has 0 fully saturated rings. The van der Waals surface area contributed by atoms with Crippen LogP contribution in [0.2, 0.25) is 5.02 Å². The predicted octanol–water partition coefficient (Wildman–Crippen LogP) is 2.58. The lowest BCUT2D eigenvalue weighted by Gasteiger charge is -2.16. The van der Waals surface area contributed by atoms with Gasteiger partial charge < -0.3 is 5.11 Å². The third kappa shape index (κ3) is 2.22.